The Morgan fingerprint density at radius 1 is 1.27 bits per heavy atom. The summed E-state index contributed by atoms with van der Waals surface area (Å²) in [6, 6.07) is 4.93. The highest BCUT2D eigenvalue weighted by Gasteiger charge is 2.31. The Balaban J connectivity index is 1.58. The van der Waals surface area contributed by atoms with E-state index < -0.39 is 12.1 Å². The number of fused-ring (bicyclic) bond motifs is 1. The summed E-state index contributed by atoms with van der Waals surface area (Å²) in [6.45, 7) is 1.93. The van der Waals surface area contributed by atoms with Crippen LogP contribution in [-0.2, 0) is 17.6 Å². The predicted octanol–water partition coefficient (Wildman–Crippen LogP) is 3.92. The summed E-state index contributed by atoms with van der Waals surface area (Å²) in [4.78, 5) is 30.6. The van der Waals surface area contributed by atoms with Gasteiger partial charge in [-0.15, -0.1) is 35.1 Å². The fourth-order valence-electron chi connectivity index (χ4n) is 2.95. The van der Waals surface area contributed by atoms with Crippen molar-refractivity contribution in [3.8, 4) is 11.4 Å². The molecule has 1 aliphatic rings. The van der Waals surface area contributed by atoms with E-state index in [0.717, 1.165) is 28.9 Å². The third-order valence-electron chi connectivity index (χ3n) is 4.34. The lowest BCUT2D eigenvalue weighted by molar-refractivity contribution is -0.274. The van der Waals surface area contributed by atoms with Crippen LogP contribution in [0.3, 0.4) is 0 Å². The van der Waals surface area contributed by atoms with Gasteiger partial charge in [-0.2, -0.15) is 0 Å². The van der Waals surface area contributed by atoms with E-state index in [1.165, 1.54) is 39.8 Å². The molecular weight excluding hydrogens is 499 g/mol. The van der Waals surface area contributed by atoms with Crippen molar-refractivity contribution in [2.24, 2.45) is 0 Å². The summed E-state index contributed by atoms with van der Waals surface area (Å²) < 4.78 is 42.6. The number of ether oxygens (including phenoxy) is 1. The molecule has 0 saturated carbocycles. The number of alkyl halides is 3. The van der Waals surface area contributed by atoms with Gasteiger partial charge in [-0.1, -0.05) is 30.0 Å². The maximum absolute atomic E-state index is 13.1. The molecule has 1 N–H and O–H groups in total. The second-order valence-electron chi connectivity index (χ2n) is 6.64. The zero-order valence-electron chi connectivity index (χ0n) is 17.0. The number of aryl methyl sites for hydroxylation is 2. The second kappa shape index (κ2) is 9.73. The number of carbonyl (C=O) groups excluding carboxylic acids is 1. The Kier molecular flexibility index (Phi) is 6.95. The summed E-state index contributed by atoms with van der Waals surface area (Å²) in [6.07, 6.45) is -3.49. The van der Waals surface area contributed by atoms with Gasteiger partial charge in [0.25, 0.3) is 5.56 Å². The van der Waals surface area contributed by atoms with Crippen LogP contribution in [0.2, 0.25) is 0 Å². The normalized spacial score (nSPS) is 13.1. The van der Waals surface area contributed by atoms with Crippen LogP contribution in [0.15, 0.2) is 39.1 Å². The van der Waals surface area contributed by atoms with Crippen LogP contribution in [0.25, 0.3) is 5.69 Å². The maximum atomic E-state index is 13.1. The lowest BCUT2D eigenvalue weighted by atomic mass is 10.3. The van der Waals surface area contributed by atoms with Gasteiger partial charge in [0, 0.05) is 12.2 Å². The molecule has 0 aliphatic carbocycles. The van der Waals surface area contributed by atoms with Gasteiger partial charge >= 0.3 is 6.36 Å². The number of amides is 1. The van der Waals surface area contributed by atoms with Crippen LogP contribution >= 0.6 is 34.9 Å². The molecule has 14 heteroatoms. The molecule has 0 atom stereocenters. The van der Waals surface area contributed by atoms with Gasteiger partial charge in [0.05, 0.1) is 22.0 Å². The third kappa shape index (κ3) is 5.68. The fourth-order valence-corrected chi connectivity index (χ4v) is 5.49. The minimum Gasteiger partial charge on any atom is -0.406 e. The van der Waals surface area contributed by atoms with Gasteiger partial charge < -0.3 is 4.74 Å². The van der Waals surface area contributed by atoms with Crippen LogP contribution in [0.1, 0.15) is 17.6 Å². The molecule has 8 nitrogen and oxygen atoms in total. The predicted molar refractivity (Wildman–Crippen MR) is 120 cm³/mol. The minimum atomic E-state index is -4.82. The lowest BCUT2D eigenvalue weighted by Gasteiger charge is -2.14. The number of hydrogen-bond donors (Lipinski definition) is 1. The Morgan fingerprint density at radius 3 is 2.70 bits per heavy atom. The van der Waals surface area contributed by atoms with Crippen LogP contribution in [0, 0.1) is 0 Å². The van der Waals surface area contributed by atoms with E-state index >= 15 is 0 Å². The first-order valence-electron chi connectivity index (χ1n) is 9.63. The van der Waals surface area contributed by atoms with Crippen molar-refractivity contribution in [2.45, 2.75) is 36.2 Å². The molecule has 1 amide bonds. The third-order valence-corrected chi connectivity index (χ3v) is 7.37. The molecule has 0 radical (unpaired) electrons. The van der Waals surface area contributed by atoms with E-state index in [4.69, 9.17) is 0 Å². The van der Waals surface area contributed by atoms with Crippen molar-refractivity contribution >= 4 is 45.9 Å². The zero-order chi connectivity index (χ0) is 23.6. The van der Waals surface area contributed by atoms with Crippen molar-refractivity contribution < 1.29 is 22.7 Å². The van der Waals surface area contributed by atoms with Crippen LogP contribution < -0.4 is 15.6 Å². The van der Waals surface area contributed by atoms with Gasteiger partial charge in [-0.05, 0) is 30.7 Å². The van der Waals surface area contributed by atoms with Gasteiger partial charge in [0.1, 0.15) is 10.8 Å². The Bertz CT molecular complexity index is 1230. The lowest BCUT2D eigenvalue weighted by Crippen LogP contribution is -2.24. The number of hydrogen-bond acceptors (Lipinski definition) is 9. The number of nitrogens with zero attached hydrogens (tertiary/aromatic N) is 4. The highest BCUT2D eigenvalue weighted by molar-refractivity contribution is 8.00. The number of thioether (sulfide) groups is 2. The first kappa shape index (κ1) is 23.6. The molecule has 33 heavy (non-hydrogen) atoms. The SMILES string of the molecule is CCc1nnc(NC(=O)CSc2nc3c(c(=O)n2-c2ccc(OC(F)(F)F)cc2)SCC3)s1. The molecule has 0 spiro atoms. The van der Waals surface area contributed by atoms with Crippen molar-refractivity contribution in [3.63, 3.8) is 0 Å². The maximum Gasteiger partial charge on any atom is 0.573 e. The molecule has 0 saturated heterocycles. The van der Waals surface area contributed by atoms with E-state index in [2.05, 4.69) is 25.2 Å². The van der Waals surface area contributed by atoms with E-state index in [1.54, 1.807) is 0 Å². The van der Waals surface area contributed by atoms with E-state index in [9.17, 15) is 22.8 Å². The summed E-state index contributed by atoms with van der Waals surface area (Å²) in [5.41, 5.74) is 0.640. The van der Waals surface area contributed by atoms with Gasteiger partial charge in [-0.3, -0.25) is 19.5 Å². The first-order chi connectivity index (χ1) is 15.7. The molecule has 1 aromatic carbocycles. The molecule has 174 valence electrons. The first-order valence-corrected chi connectivity index (χ1v) is 12.4. The summed E-state index contributed by atoms with van der Waals surface area (Å²) >= 11 is 3.71. The van der Waals surface area contributed by atoms with Crippen LogP contribution in [-0.4, -0.2) is 43.5 Å². The highest BCUT2D eigenvalue weighted by Crippen LogP contribution is 2.31. The average Bonchev–Trinajstić information content (AvgIpc) is 3.41. The van der Waals surface area contributed by atoms with E-state index in [0.29, 0.717) is 40.0 Å². The van der Waals surface area contributed by atoms with Gasteiger partial charge in [0.15, 0.2) is 5.16 Å². The Morgan fingerprint density at radius 2 is 2.03 bits per heavy atom. The number of halogens is 3. The largest absolute Gasteiger partial charge is 0.573 e. The molecule has 3 aromatic rings. The highest BCUT2D eigenvalue weighted by atomic mass is 32.2. The Labute approximate surface area is 198 Å². The van der Waals surface area contributed by atoms with Crippen molar-refractivity contribution in [1.29, 1.82) is 0 Å². The van der Waals surface area contributed by atoms with Crippen molar-refractivity contribution in [2.75, 3.05) is 16.8 Å². The fraction of sp³-hybridized carbons (Fsp3) is 0.316. The van der Waals surface area contributed by atoms with Gasteiger partial charge in [-0.25, -0.2) is 4.98 Å². The molecule has 0 bridgehead atoms. The smallest absolute Gasteiger partial charge is 0.406 e. The van der Waals surface area contributed by atoms with E-state index in [1.807, 2.05) is 6.92 Å². The zero-order valence-corrected chi connectivity index (χ0v) is 19.5. The summed E-state index contributed by atoms with van der Waals surface area (Å²) in [5.74, 6) is -0.0842. The molecule has 2 aromatic heterocycles. The molecule has 1 aliphatic heterocycles. The van der Waals surface area contributed by atoms with Crippen LogP contribution in [0.4, 0.5) is 18.3 Å². The minimum absolute atomic E-state index is 0.0469. The second-order valence-corrected chi connectivity index (χ2v) is 9.75. The molecular formula is C19H16F3N5O3S3. The summed E-state index contributed by atoms with van der Waals surface area (Å²) in [7, 11) is 0. The van der Waals surface area contributed by atoms with Crippen molar-refractivity contribution in [1.82, 2.24) is 19.7 Å². The average molecular weight is 516 g/mol. The number of benzene rings is 1. The number of rotatable bonds is 7. The van der Waals surface area contributed by atoms with Gasteiger partial charge in [0.2, 0.25) is 11.0 Å². The van der Waals surface area contributed by atoms with E-state index in [-0.39, 0.29) is 22.4 Å². The van der Waals surface area contributed by atoms with Crippen LogP contribution in [0.5, 0.6) is 5.75 Å². The van der Waals surface area contributed by atoms with Crippen molar-refractivity contribution in [3.05, 3.63) is 45.3 Å². The standard InChI is InChI=1S/C19H16F3N5O3S3/c1-2-14-25-26-17(33-14)24-13(28)9-32-18-23-12-7-8-31-15(12)16(29)27(18)10-3-5-11(6-4-10)30-19(20,21)22/h3-6H,2,7-9H2,1H3,(H,24,26,28). The number of carbonyl (C=O) groups is 1. The quantitative estimate of drug-likeness (QED) is 0.373. The monoisotopic (exact) mass is 515 g/mol. The number of aromatic nitrogens is 4. The number of nitrogens with one attached hydrogen (secondary N) is 1. The molecule has 0 fully saturated rings. The molecule has 4 rings (SSSR count). The molecule has 0 unspecified atom stereocenters. The Hall–Kier alpha value is -2.58. The summed E-state index contributed by atoms with van der Waals surface area (Å²) in [5, 5.41) is 12.0. The molecule has 3 heterocycles. The number of anilines is 1. The topological polar surface area (TPSA) is 99.0 Å².